The quantitative estimate of drug-likeness (QED) is 0.272. The lowest BCUT2D eigenvalue weighted by Crippen LogP contribution is -2.35. The SMILES string of the molecule is C=CCNC(=O)C(C)OC(=O)/C=C/c1cccc([N+](=O)[O-])c1. The van der Waals surface area contributed by atoms with Gasteiger partial charge in [-0.3, -0.25) is 14.9 Å². The van der Waals surface area contributed by atoms with Gasteiger partial charge in [0.15, 0.2) is 6.10 Å². The number of non-ortho nitro benzene ring substituents is 1. The van der Waals surface area contributed by atoms with E-state index in [4.69, 9.17) is 4.74 Å². The molecule has 0 aliphatic heterocycles. The number of hydrogen-bond donors (Lipinski definition) is 1. The molecule has 1 unspecified atom stereocenters. The van der Waals surface area contributed by atoms with Crippen molar-refractivity contribution in [3.63, 3.8) is 0 Å². The Kier molecular flexibility index (Phi) is 6.49. The monoisotopic (exact) mass is 304 g/mol. The van der Waals surface area contributed by atoms with Gasteiger partial charge in [-0.1, -0.05) is 18.2 Å². The molecule has 1 rings (SSSR count). The number of hydrogen-bond acceptors (Lipinski definition) is 5. The lowest BCUT2D eigenvalue weighted by Gasteiger charge is -2.10. The van der Waals surface area contributed by atoms with Gasteiger partial charge in [-0.15, -0.1) is 6.58 Å². The molecule has 0 fully saturated rings. The highest BCUT2D eigenvalue weighted by Gasteiger charge is 2.15. The number of ether oxygens (including phenoxy) is 1. The normalized spacial score (nSPS) is 11.7. The van der Waals surface area contributed by atoms with Crippen LogP contribution in [-0.2, 0) is 14.3 Å². The second kappa shape index (κ2) is 8.35. The van der Waals surface area contributed by atoms with Crippen LogP contribution in [-0.4, -0.2) is 29.4 Å². The molecule has 0 saturated heterocycles. The second-order valence-electron chi connectivity index (χ2n) is 4.30. The highest BCUT2D eigenvalue weighted by Crippen LogP contribution is 2.14. The molecule has 22 heavy (non-hydrogen) atoms. The minimum Gasteiger partial charge on any atom is -0.449 e. The lowest BCUT2D eigenvalue weighted by atomic mass is 10.2. The Bertz CT molecular complexity index is 610. The van der Waals surface area contributed by atoms with Crippen molar-refractivity contribution in [1.29, 1.82) is 0 Å². The molecular formula is C15H16N2O5. The number of carbonyl (C=O) groups is 2. The maximum absolute atomic E-state index is 11.6. The topological polar surface area (TPSA) is 98.5 Å². The van der Waals surface area contributed by atoms with Crippen LogP contribution < -0.4 is 5.32 Å². The molecule has 0 saturated carbocycles. The van der Waals surface area contributed by atoms with Crippen LogP contribution in [0.1, 0.15) is 12.5 Å². The zero-order valence-electron chi connectivity index (χ0n) is 12.0. The lowest BCUT2D eigenvalue weighted by molar-refractivity contribution is -0.384. The van der Waals surface area contributed by atoms with E-state index in [1.165, 1.54) is 37.3 Å². The van der Waals surface area contributed by atoms with Crippen molar-refractivity contribution in [3.8, 4) is 0 Å². The van der Waals surface area contributed by atoms with E-state index < -0.39 is 22.9 Å². The third-order valence-corrected chi connectivity index (χ3v) is 2.58. The third-order valence-electron chi connectivity index (χ3n) is 2.58. The number of rotatable bonds is 7. The molecule has 1 aromatic rings. The minimum atomic E-state index is -0.942. The summed E-state index contributed by atoms with van der Waals surface area (Å²) >= 11 is 0. The zero-order chi connectivity index (χ0) is 16.5. The third kappa shape index (κ3) is 5.58. The molecule has 0 aromatic heterocycles. The van der Waals surface area contributed by atoms with Gasteiger partial charge in [0.25, 0.3) is 11.6 Å². The van der Waals surface area contributed by atoms with E-state index in [9.17, 15) is 19.7 Å². The summed E-state index contributed by atoms with van der Waals surface area (Å²) in [6, 6.07) is 5.79. The molecule has 7 nitrogen and oxygen atoms in total. The molecule has 0 radical (unpaired) electrons. The van der Waals surface area contributed by atoms with Crippen LogP contribution in [0.4, 0.5) is 5.69 Å². The van der Waals surface area contributed by atoms with E-state index in [-0.39, 0.29) is 12.2 Å². The first kappa shape index (κ1) is 17.1. The first-order valence-electron chi connectivity index (χ1n) is 6.45. The number of carbonyl (C=O) groups excluding carboxylic acids is 2. The second-order valence-corrected chi connectivity index (χ2v) is 4.30. The summed E-state index contributed by atoms with van der Waals surface area (Å²) in [5.41, 5.74) is 0.405. The van der Waals surface area contributed by atoms with Gasteiger partial charge in [-0.05, 0) is 18.6 Å². The molecule has 1 amide bonds. The molecule has 0 heterocycles. The zero-order valence-corrected chi connectivity index (χ0v) is 12.0. The standard InChI is InChI=1S/C15H16N2O5/c1-3-9-16-15(19)11(2)22-14(18)8-7-12-5-4-6-13(10-12)17(20)21/h3-8,10-11H,1,9H2,2H3,(H,16,19)/b8-7+. The van der Waals surface area contributed by atoms with Crippen molar-refractivity contribution in [2.45, 2.75) is 13.0 Å². The smallest absolute Gasteiger partial charge is 0.331 e. The van der Waals surface area contributed by atoms with Gasteiger partial charge in [0, 0.05) is 24.8 Å². The molecule has 116 valence electrons. The van der Waals surface area contributed by atoms with Gasteiger partial charge in [-0.2, -0.15) is 0 Å². The Morgan fingerprint density at radius 3 is 2.86 bits per heavy atom. The van der Waals surface area contributed by atoms with Gasteiger partial charge in [0.1, 0.15) is 0 Å². The largest absolute Gasteiger partial charge is 0.449 e. The van der Waals surface area contributed by atoms with Crippen LogP contribution in [0.5, 0.6) is 0 Å². The van der Waals surface area contributed by atoms with Crippen LogP contribution in [0.25, 0.3) is 6.08 Å². The van der Waals surface area contributed by atoms with E-state index in [1.54, 1.807) is 6.07 Å². The van der Waals surface area contributed by atoms with Gasteiger partial charge in [-0.25, -0.2) is 4.79 Å². The van der Waals surface area contributed by atoms with Gasteiger partial charge >= 0.3 is 5.97 Å². The fourth-order valence-electron chi connectivity index (χ4n) is 1.49. The minimum absolute atomic E-state index is 0.0762. The summed E-state index contributed by atoms with van der Waals surface area (Å²) < 4.78 is 4.90. The Balaban J connectivity index is 2.60. The van der Waals surface area contributed by atoms with Gasteiger partial charge in [0.05, 0.1) is 4.92 Å². The maximum Gasteiger partial charge on any atom is 0.331 e. The summed E-state index contributed by atoms with van der Waals surface area (Å²) in [6.07, 6.45) is 3.05. The molecule has 0 spiro atoms. The number of amides is 1. The summed E-state index contributed by atoms with van der Waals surface area (Å²) in [5.74, 6) is -1.15. The number of nitrogens with one attached hydrogen (secondary N) is 1. The number of nitrogens with zero attached hydrogens (tertiary/aromatic N) is 1. The van der Waals surface area contributed by atoms with E-state index >= 15 is 0 Å². The van der Waals surface area contributed by atoms with Crippen LogP contribution in [0, 0.1) is 10.1 Å². The Morgan fingerprint density at radius 2 is 2.23 bits per heavy atom. The molecule has 0 aliphatic rings. The molecule has 0 aliphatic carbocycles. The van der Waals surface area contributed by atoms with Crippen molar-refractivity contribution in [2.75, 3.05) is 6.54 Å². The van der Waals surface area contributed by atoms with E-state index in [0.717, 1.165) is 6.08 Å². The van der Waals surface area contributed by atoms with Crippen LogP contribution in [0.3, 0.4) is 0 Å². The van der Waals surface area contributed by atoms with Crippen molar-refractivity contribution in [2.24, 2.45) is 0 Å². The molecule has 1 N–H and O–H groups in total. The van der Waals surface area contributed by atoms with Crippen LogP contribution in [0.15, 0.2) is 43.0 Å². The van der Waals surface area contributed by atoms with Crippen molar-refractivity contribution < 1.29 is 19.2 Å². The Hall–Kier alpha value is -2.96. The predicted molar refractivity (Wildman–Crippen MR) is 80.9 cm³/mol. The van der Waals surface area contributed by atoms with Gasteiger partial charge < -0.3 is 10.1 Å². The number of nitro groups is 1. The average molecular weight is 304 g/mol. The first-order chi connectivity index (χ1) is 10.4. The Labute approximate surface area is 127 Å². The average Bonchev–Trinajstić information content (AvgIpc) is 2.50. The van der Waals surface area contributed by atoms with Crippen LogP contribution in [0.2, 0.25) is 0 Å². The molecule has 0 bridgehead atoms. The number of benzene rings is 1. The number of nitro benzene ring substituents is 1. The van der Waals surface area contributed by atoms with Crippen molar-refractivity contribution >= 4 is 23.6 Å². The van der Waals surface area contributed by atoms with Gasteiger partial charge in [0.2, 0.25) is 0 Å². The highest BCUT2D eigenvalue weighted by atomic mass is 16.6. The van der Waals surface area contributed by atoms with Crippen molar-refractivity contribution in [3.05, 3.63) is 58.7 Å². The summed E-state index contributed by atoms with van der Waals surface area (Å²) in [6.45, 7) is 5.18. The fraction of sp³-hybridized carbons (Fsp3) is 0.200. The molecule has 7 heteroatoms. The predicted octanol–water partition coefficient (Wildman–Crippen LogP) is 1.84. The highest BCUT2D eigenvalue weighted by molar-refractivity contribution is 5.90. The summed E-state index contributed by atoms with van der Waals surface area (Å²) in [5, 5.41) is 13.1. The van der Waals surface area contributed by atoms with Crippen molar-refractivity contribution in [1.82, 2.24) is 5.32 Å². The van der Waals surface area contributed by atoms with E-state index in [0.29, 0.717) is 5.56 Å². The van der Waals surface area contributed by atoms with E-state index in [2.05, 4.69) is 11.9 Å². The molecular weight excluding hydrogens is 288 g/mol. The fourth-order valence-corrected chi connectivity index (χ4v) is 1.49. The summed E-state index contributed by atoms with van der Waals surface area (Å²) in [7, 11) is 0. The summed E-state index contributed by atoms with van der Waals surface area (Å²) in [4.78, 5) is 33.2. The number of esters is 1. The molecule has 1 aromatic carbocycles. The van der Waals surface area contributed by atoms with E-state index in [1.807, 2.05) is 0 Å². The van der Waals surface area contributed by atoms with Crippen LogP contribution >= 0.6 is 0 Å². The maximum atomic E-state index is 11.6. The molecule has 1 atom stereocenters. The first-order valence-corrected chi connectivity index (χ1v) is 6.45. The Morgan fingerprint density at radius 1 is 1.50 bits per heavy atom.